The van der Waals surface area contributed by atoms with Crippen LogP contribution in [-0.4, -0.2) is 17.5 Å². The molecule has 2 rings (SSSR count). The highest BCUT2D eigenvalue weighted by molar-refractivity contribution is 7.06. The number of esters is 1. The van der Waals surface area contributed by atoms with E-state index in [1.807, 2.05) is 6.92 Å². The number of ether oxygens (including phenoxy) is 1. The van der Waals surface area contributed by atoms with Gasteiger partial charge in [-0.1, -0.05) is 6.92 Å². The summed E-state index contributed by atoms with van der Waals surface area (Å²) in [6.07, 6.45) is 2.52. The fraction of sp³-hybridized carbons (Fsp3) is 0.231. The number of hydrogen-bond acceptors (Lipinski definition) is 4. The van der Waals surface area contributed by atoms with Gasteiger partial charge in [0.05, 0.1) is 12.7 Å². The van der Waals surface area contributed by atoms with Gasteiger partial charge in [-0.2, -0.15) is 0 Å². The summed E-state index contributed by atoms with van der Waals surface area (Å²) in [7, 11) is 1.27. The van der Waals surface area contributed by atoms with Crippen molar-refractivity contribution >= 4 is 17.5 Å². The predicted molar refractivity (Wildman–Crippen MR) is 68.2 cm³/mol. The Morgan fingerprint density at radius 2 is 2.22 bits per heavy atom. The molecule has 0 aliphatic heterocycles. The van der Waals surface area contributed by atoms with Gasteiger partial charge in [0.25, 0.3) is 0 Å². The van der Waals surface area contributed by atoms with E-state index in [9.17, 15) is 9.18 Å². The highest BCUT2D eigenvalue weighted by Crippen LogP contribution is 2.28. The summed E-state index contributed by atoms with van der Waals surface area (Å²) in [6.45, 7) is 2.01. The molecule has 0 amide bonds. The van der Waals surface area contributed by atoms with E-state index in [-0.39, 0.29) is 5.56 Å². The van der Waals surface area contributed by atoms with Crippen LogP contribution in [0.4, 0.5) is 4.39 Å². The van der Waals surface area contributed by atoms with Crippen molar-refractivity contribution in [1.29, 1.82) is 0 Å². The van der Waals surface area contributed by atoms with Crippen LogP contribution in [0.25, 0.3) is 11.1 Å². The second kappa shape index (κ2) is 5.27. The van der Waals surface area contributed by atoms with Crippen molar-refractivity contribution in [2.24, 2.45) is 0 Å². The lowest BCUT2D eigenvalue weighted by Crippen LogP contribution is -2.02. The summed E-state index contributed by atoms with van der Waals surface area (Å²) in [5.74, 6) is -1.00. The van der Waals surface area contributed by atoms with Crippen molar-refractivity contribution in [3.63, 3.8) is 0 Å². The number of carbonyl (C=O) groups is 1. The zero-order valence-corrected chi connectivity index (χ0v) is 10.9. The van der Waals surface area contributed by atoms with E-state index in [2.05, 4.69) is 9.11 Å². The molecule has 0 aliphatic carbocycles. The molecule has 5 heteroatoms. The summed E-state index contributed by atoms with van der Waals surface area (Å²) < 4.78 is 22.2. The minimum absolute atomic E-state index is 0.209. The van der Waals surface area contributed by atoms with Crippen LogP contribution in [0.15, 0.2) is 24.4 Å². The van der Waals surface area contributed by atoms with Gasteiger partial charge in [0, 0.05) is 16.6 Å². The summed E-state index contributed by atoms with van der Waals surface area (Å²) in [6, 6.07) is 4.19. The Balaban J connectivity index is 2.51. The third-order valence-electron chi connectivity index (χ3n) is 2.60. The topological polar surface area (TPSA) is 39.2 Å². The maximum atomic E-state index is 13.5. The molecule has 3 nitrogen and oxygen atoms in total. The van der Waals surface area contributed by atoms with E-state index in [0.717, 1.165) is 16.9 Å². The molecule has 0 atom stereocenters. The highest BCUT2D eigenvalue weighted by Gasteiger charge is 2.13. The quantitative estimate of drug-likeness (QED) is 0.799. The summed E-state index contributed by atoms with van der Waals surface area (Å²) in [4.78, 5) is 12.5. The molecule has 0 spiro atoms. The Kier molecular flexibility index (Phi) is 3.72. The summed E-state index contributed by atoms with van der Waals surface area (Å²) >= 11 is 1.38. The second-order valence-corrected chi connectivity index (χ2v) is 4.62. The fourth-order valence-corrected chi connectivity index (χ4v) is 2.42. The molecular weight excluding hydrogens is 253 g/mol. The van der Waals surface area contributed by atoms with Gasteiger partial charge in [-0.3, -0.25) is 0 Å². The van der Waals surface area contributed by atoms with Crippen LogP contribution in [0, 0.1) is 5.82 Å². The smallest absolute Gasteiger partial charge is 0.337 e. The Morgan fingerprint density at radius 3 is 2.89 bits per heavy atom. The molecule has 1 heterocycles. The number of halogens is 1. The summed E-state index contributed by atoms with van der Waals surface area (Å²) in [5, 5.41) is 0. The first-order chi connectivity index (χ1) is 8.65. The lowest BCUT2D eigenvalue weighted by molar-refractivity contribution is 0.0600. The lowest BCUT2D eigenvalue weighted by atomic mass is 10.0. The first-order valence-corrected chi connectivity index (χ1v) is 6.26. The SMILES string of the molecule is CCc1sncc1-c1cc(F)cc(C(=O)OC)c1. The molecular formula is C13H12FNO2S. The fourth-order valence-electron chi connectivity index (χ4n) is 1.74. The number of hydrogen-bond donors (Lipinski definition) is 0. The minimum atomic E-state index is -0.544. The average molecular weight is 265 g/mol. The van der Waals surface area contributed by atoms with E-state index in [0.29, 0.717) is 5.56 Å². The third kappa shape index (κ3) is 2.41. The number of methoxy groups -OCH3 is 1. The summed E-state index contributed by atoms with van der Waals surface area (Å²) in [5.41, 5.74) is 1.73. The predicted octanol–water partition coefficient (Wildman–Crippen LogP) is 3.30. The molecule has 2 aromatic rings. The van der Waals surface area contributed by atoms with Crippen LogP contribution in [0.1, 0.15) is 22.2 Å². The number of carbonyl (C=O) groups excluding carboxylic acids is 1. The molecule has 0 N–H and O–H groups in total. The number of rotatable bonds is 3. The van der Waals surface area contributed by atoms with Crippen molar-refractivity contribution in [2.45, 2.75) is 13.3 Å². The molecule has 1 aromatic heterocycles. The highest BCUT2D eigenvalue weighted by atomic mass is 32.1. The molecule has 18 heavy (non-hydrogen) atoms. The molecule has 0 unspecified atom stereocenters. The van der Waals surface area contributed by atoms with Gasteiger partial charge in [0.2, 0.25) is 0 Å². The number of aryl methyl sites for hydroxylation is 1. The van der Waals surface area contributed by atoms with Crippen LogP contribution < -0.4 is 0 Å². The monoisotopic (exact) mass is 265 g/mol. The van der Waals surface area contributed by atoms with Crippen molar-refractivity contribution in [2.75, 3.05) is 7.11 Å². The van der Waals surface area contributed by atoms with Crippen LogP contribution in [-0.2, 0) is 11.2 Å². The molecule has 0 saturated carbocycles. The van der Waals surface area contributed by atoms with E-state index in [1.165, 1.54) is 30.8 Å². The van der Waals surface area contributed by atoms with Gasteiger partial charge < -0.3 is 4.74 Å². The van der Waals surface area contributed by atoms with Crippen molar-refractivity contribution in [3.05, 3.63) is 40.7 Å². The molecule has 94 valence electrons. The third-order valence-corrected chi connectivity index (χ3v) is 3.54. The zero-order valence-electron chi connectivity index (χ0n) is 10.1. The van der Waals surface area contributed by atoms with E-state index >= 15 is 0 Å². The van der Waals surface area contributed by atoms with Crippen molar-refractivity contribution in [1.82, 2.24) is 4.37 Å². The van der Waals surface area contributed by atoms with E-state index in [1.54, 1.807) is 12.3 Å². The number of nitrogens with zero attached hydrogens (tertiary/aromatic N) is 1. The maximum Gasteiger partial charge on any atom is 0.337 e. The van der Waals surface area contributed by atoms with Crippen molar-refractivity contribution < 1.29 is 13.9 Å². The molecule has 0 aliphatic rings. The number of aromatic nitrogens is 1. The zero-order chi connectivity index (χ0) is 13.1. The molecule has 0 saturated heterocycles. The molecule has 1 aromatic carbocycles. The van der Waals surface area contributed by atoms with Crippen LogP contribution in [0.5, 0.6) is 0 Å². The van der Waals surface area contributed by atoms with E-state index < -0.39 is 11.8 Å². The van der Waals surface area contributed by atoms with Crippen LogP contribution in [0.2, 0.25) is 0 Å². The van der Waals surface area contributed by atoms with Gasteiger partial charge >= 0.3 is 5.97 Å². The number of benzene rings is 1. The van der Waals surface area contributed by atoms with Crippen molar-refractivity contribution in [3.8, 4) is 11.1 Å². The second-order valence-electron chi connectivity index (χ2n) is 3.74. The van der Waals surface area contributed by atoms with Gasteiger partial charge in [0.1, 0.15) is 5.82 Å². The molecule has 0 fully saturated rings. The van der Waals surface area contributed by atoms with Gasteiger partial charge in [-0.05, 0) is 41.7 Å². The van der Waals surface area contributed by atoms with Gasteiger partial charge in [0.15, 0.2) is 0 Å². The standard InChI is InChI=1S/C13H12FNO2S/c1-3-12-11(7-15-18-12)8-4-9(13(16)17-2)6-10(14)5-8/h4-7H,3H2,1-2H3. The Morgan fingerprint density at radius 1 is 1.44 bits per heavy atom. The van der Waals surface area contributed by atoms with Gasteiger partial charge in [-0.25, -0.2) is 13.6 Å². The average Bonchev–Trinajstić information content (AvgIpc) is 2.85. The minimum Gasteiger partial charge on any atom is -0.465 e. The van der Waals surface area contributed by atoms with Crippen LogP contribution >= 0.6 is 11.5 Å². The lowest BCUT2D eigenvalue weighted by Gasteiger charge is -2.05. The Bertz CT molecular complexity index is 580. The Hall–Kier alpha value is -1.75. The maximum absolute atomic E-state index is 13.5. The Labute approximate surface area is 108 Å². The largest absolute Gasteiger partial charge is 0.465 e. The first-order valence-electron chi connectivity index (χ1n) is 5.48. The van der Waals surface area contributed by atoms with Crippen LogP contribution in [0.3, 0.4) is 0 Å². The first kappa shape index (κ1) is 12.7. The normalized spacial score (nSPS) is 10.4. The van der Waals surface area contributed by atoms with Gasteiger partial charge in [-0.15, -0.1) is 0 Å². The van der Waals surface area contributed by atoms with E-state index in [4.69, 9.17) is 0 Å². The molecule has 0 bridgehead atoms. The molecule has 0 radical (unpaired) electrons.